The van der Waals surface area contributed by atoms with Gasteiger partial charge in [0.1, 0.15) is 0 Å². The molecule has 19 heavy (non-hydrogen) atoms. The van der Waals surface area contributed by atoms with Crippen LogP contribution in [0.1, 0.15) is 24.0 Å². The van der Waals surface area contributed by atoms with Crippen molar-refractivity contribution in [3.63, 3.8) is 0 Å². The van der Waals surface area contributed by atoms with Crippen molar-refractivity contribution < 1.29 is 18.3 Å². The Bertz CT molecular complexity index is 459. The third-order valence-electron chi connectivity index (χ3n) is 4.02. The number of likely N-dealkylation sites (tertiary alicyclic amines) is 1. The van der Waals surface area contributed by atoms with Crippen LogP contribution in [0.4, 0.5) is 13.2 Å². The molecule has 2 aliphatic rings. The summed E-state index contributed by atoms with van der Waals surface area (Å²) in [4.78, 5) is 2.07. The first kappa shape index (κ1) is 12.9. The maximum atomic E-state index is 12.4. The van der Waals surface area contributed by atoms with Crippen molar-refractivity contribution >= 4 is 0 Å². The number of benzene rings is 1. The van der Waals surface area contributed by atoms with Crippen LogP contribution in [-0.2, 0) is 12.7 Å². The van der Waals surface area contributed by atoms with Crippen molar-refractivity contribution in [2.24, 2.45) is 5.92 Å². The largest absolute Gasteiger partial charge is 0.416 e. The van der Waals surface area contributed by atoms with Crippen LogP contribution >= 0.6 is 0 Å². The molecule has 104 valence electrons. The fourth-order valence-corrected chi connectivity index (χ4v) is 2.78. The number of hydrogen-bond acceptors (Lipinski definition) is 2. The van der Waals surface area contributed by atoms with E-state index in [0.29, 0.717) is 25.6 Å². The van der Waals surface area contributed by atoms with Crippen molar-refractivity contribution in [2.75, 3.05) is 13.1 Å². The molecule has 5 heteroatoms. The molecule has 1 aliphatic carbocycles. The number of aliphatic hydroxyl groups is 1. The molecule has 0 radical (unpaired) electrons. The molecule has 2 nitrogen and oxygen atoms in total. The summed E-state index contributed by atoms with van der Waals surface area (Å²) in [5.74, 6) is 0.441. The van der Waals surface area contributed by atoms with Gasteiger partial charge in [0.15, 0.2) is 0 Å². The van der Waals surface area contributed by atoms with Gasteiger partial charge in [-0.05, 0) is 36.5 Å². The molecule has 1 aromatic rings. The molecule has 0 atom stereocenters. The molecule has 0 amide bonds. The van der Waals surface area contributed by atoms with Gasteiger partial charge in [0, 0.05) is 19.6 Å². The van der Waals surface area contributed by atoms with Crippen LogP contribution in [-0.4, -0.2) is 28.7 Å². The highest BCUT2D eigenvalue weighted by atomic mass is 19.4. The van der Waals surface area contributed by atoms with Crippen molar-refractivity contribution in [3.05, 3.63) is 35.4 Å². The van der Waals surface area contributed by atoms with Crippen LogP contribution < -0.4 is 0 Å². The van der Waals surface area contributed by atoms with Crippen molar-refractivity contribution in [1.29, 1.82) is 0 Å². The minimum atomic E-state index is -4.28. The fourth-order valence-electron chi connectivity index (χ4n) is 2.78. The summed E-state index contributed by atoms with van der Waals surface area (Å²) in [7, 11) is 0. The third-order valence-corrected chi connectivity index (χ3v) is 4.02. The van der Waals surface area contributed by atoms with Gasteiger partial charge in [0.05, 0.1) is 11.2 Å². The van der Waals surface area contributed by atoms with E-state index in [4.69, 9.17) is 0 Å². The Hall–Kier alpha value is -1.07. The van der Waals surface area contributed by atoms with E-state index in [0.717, 1.165) is 30.5 Å². The maximum absolute atomic E-state index is 12.4. The Morgan fingerprint density at radius 3 is 2.21 bits per heavy atom. The molecular formula is C14H16F3NO. The molecule has 2 fully saturated rings. The van der Waals surface area contributed by atoms with Crippen LogP contribution in [0.2, 0.25) is 0 Å². The van der Waals surface area contributed by atoms with Crippen LogP contribution in [0, 0.1) is 5.92 Å². The summed E-state index contributed by atoms with van der Waals surface area (Å²) in [5, 5.41) is 10.2. The highest BCUT2D eigenvalue weighted by molar-refractivity contribution is 5.25. The van der Waals surface area contributed by atoms with Gasteiger partial charge in [0.25, 0.3) is 0 Å². The predicted octanol–water partition coefficient (Wildman–Crippen LogP) is 2.66. The number of nitrogens with zero attached hydrogens (tertiary/aromatic N) is 1. The van der Waals surface area contributed by atoms with Gasteiger partial charge in [-0.1, -0.05) is 12.1 Å². The van der Waals surface area contributed by atoms with Crippen molar-refractivity contribution in [1.82, 2.24) is 4.90 Å². The smallest absolute Gasteiger partial charge is 0.387 e. The number of alkyl halides is 3. The lowest BCUT2D eigenvalue weighted by Gasteiger charge is -2.47. The first-order valence-electron chi connectivity index (χ1n) is 6.48. The van der Waals surface area contributed by atoms with Gasteiger partial charge in [-0.25, -0.2) is 0 Å². The second kappa shape index (κ2) is 4.21. The highest BCUT2D eigenvalue weighted by Crippen LogP contribution is 2.44. The fraction of sp³-hybridized carbons (Fsp3) is 0.571. The lowest BCUT2D eigenvalue weighted by molar-refractivity contribution is -0.137. The molecule has 3 rings (SSSR count). The molecule has 1 heterocycles. The summed E-state index contributed by atoms with van der Waals surface area (Å²) in [6, 6.07) is 5.25. The van der Waals surface area contributed by atoms with Gasteiger partial charge in [-0.15, -0.1) is 0 Å². The number of β-amino-alcohol motifs (C(OH)–C–C–N with tert-alkyl or cyclic N) is 1. The molecule has 1 aliphatic heterocycles. The van der Waals surface area contributed by atoms with Crippen LogP contribution in [0.5, 0.6) is 0 Å². The van der Waals surface area contributed by atoms with Crippen LogP contribution in [0.3, 0.4) is 0 Å². The first-order chi connectivity index (χ1) is 8.87. The normalized spacial score (nSPS) is 23.2. The Morgan fingerprint density at radius 1 is 1.16 bits per heavy atom. The van der Waals surface area contributed by atoms with E-state index in [1.807, 2.05) is 0 Å². The molecule has 0 bridgehead atoms. The van der Waals surface area contributed by atoms with Crippen LogP contribution in [0.15, 0.2) is 24.3 Å². The maximum Gasteiger partial charge on any atom is 0.416 e. The minimum absolute atomic E-state index is 0.441. The van der Waals surface area contributed by atoms with E-state index < -0.39 is 17.3 Å². The lowest BCUT2D eigenvalue weighted by Crippen LogP contribution is -2.62. The SMILES string of the molecule is OC1(C2CC2)CN(Cc2ccc(C(F)(F)F)cc2)C1. The lowest BCUT2D eigenvalue weighted by atomic mass is 9.88. The summed E-state index contributed by atoms with van der Waals surface area (Å²) < 4.78 is 37.2. The van der Waals surface area contributed by atoms with Crippen molar-refractivity contribution in [3.8, 4) is 0 Å². The zero-order chi connectivity index (χ0) is 13.7. The van der Waals surface area contributed by atoms with E-state index in [-0.39, 0.29) is 0 Å². The Morgan fingerprint density at radius 2 is 1.74 bits per heavy atom. The van der Waals surface area contributed by atoms with Gasteiger partial charge < -0.3 is 5.11 Å². The summed E-state index contributed by atoms with van der Waals surface area (Å²) >= 11 is 0. The van der Waals surface area contributed by atoms with E-state index in [2.05, 4.69) is 4.90 Å². The van der Waals surface area contributed by atoms with Gasteiger partial charge in [-0.2, -0.15) is 13.2 Å². The minimum Gasteiger partial charge on any atom is -0.387 e. The average molecular weight is 271 g/mol. The predicted molar refractivity (Wildman–Crippen MR) is 64.4 cm³/mol. The van der Waals surface area contributed by atoms with E-state index in [1.54, 1.807) is 0 Å². The van der Waals surface area contributed by atoms with Crippen LogP contribution in [0.25, 0.3) is 0 Å². The number of hydrogen-bond donors (Lipinski definition) is 1. The van der Waals surface area contributed by atoms with E-state index in [9.17, 15) is 18.3 Å². The van der Waals surface area contributed by atoms with Gasteiger partial charge in [-0.3, -0.25) is 4.90 Å². The molecule has 1 saturated heterocycles. The molecule has 0 aromatic heterocycles. The van der Waals surface area contributed by atoms with Crippen molar-refractivity contribution in [2.45, 2.75) is 31.2 Å². The second-order valence-electron chi connectivity index (χ2n) is 5.72. The molecule has 0 spiro atoms. The Balaban J connectivity index is 1.57. The summed E-state index contributed by atoms with van der Waals surface area (Å²) in [6.07, 6.45) is -2.07. The summed E-state index contributed by atoms with van der Waals surface area (Å²) in [5.41, 5.74) is -0.300. The molecule has 0 unspecified atom stereocenters. The van der Waals surface area contributed by atoms with Gasteiger partial charge in [0.2, 0.25) is 0 Å². The molecule has 1 aromatic carbocycles. The van der Waals surface area contributed by atoms with E-state index in [1.165, 1.54) is 12.1 Å². The number of halogens is 3. The Kier molecular flexibility index (Phi) is 2.87. The zero-order valence-corrected chi connectivity index (χ0v) is 10.5. The number of rotatable bonds is 3. The molecule has 1 N–H and O–H groups in total. The molecule has 1 saturated carbocycles. The standard InChI is InChI=1S/C14H16F3NO/c15-14(16,17)12-3-1-10(2-4-12)7-18-8-13(19,9-18)11-5-6-11/h1-4,11,19H,5-9H2. The Labute approximate surface area is 109 Å². The highest BCUT2D eigenvalue weighted by Gasteiger charge is 2.51. The first-order valence-corrected chi connectivity index (χ1v) is 6.48. The monoisotopic (exact) mass is 271 g/mol. The quantitative estimate of drug-likeness (QED) is 0.913. The molecular weight excluding hydrogens is 255 g/mol. The average Bonchev–Trinajstić information content (AvgIpc) is 3.10. The van der Waals surface area contributed by atoms with E-state index >= 15 is 0 Å². The summed E-state index contributed by atoms with van der Waals surface area (Å²) in [6.45, 7) is 1.88. The second-order valence-corrected chi connectivity index (χ2v) is 5.72. The van der Waals surface area contributed by atoms with Gasteiger partial charge >= 0.3 is 6.18 Å². The topological polar surface area (TPSA) is 23.5 Å². The zero-order valence-electron chi connectivity index (χ0n) is 10.5. The third kappa shape index (κ3) is 2.62.